The number of methoxy groups -OCH3 is 3. The fourth-order valence-corrected chi connectivity index (χ4v) is 4.29. The normalized spacial score (nSPS) is 18.5. The molecule has 1 saturated heterocycles. The lowest BCUT2D eigenvalue weighted by molar-refractivity contribution is -0.384. The van der Waals surface area contributed by atoms with E-state index in [1.165, 1.54) is 25.3 Å². The largest absolute Gasteiger partial charge is 0.494 e. The highest BCUT2D eigenvalue weighted by molar-refractivity contribution is 6.23. The van der Waals surface area contributed by atoms with Crippen molar-refractivity contribution in [2.45, 2.75) is 25.4 Å². The van der Waals surface area contributed by atoms with Gasteiger partial charge in [-0.05, 0) is 35.7 Å². The summed E-state index contributed by atoms with van der Waals surface area (Å²) in [5.41, 5.74) is 2.16. The lowest BCUT2D eigenvalue weighted by Gasteiger charge is -2.32. The molecule has 0 radical (unpaired) electrons. The lowest BCUT2D eigenvalue weighted by Crippen LogP contribution is -2.44. The number of hydrogen-bond acceptors (Lipinski definition) is 8. The van der Waals surface area contributed by atoms with E-state index in [-0.39, 0.29) is 35.4 Å². The SMILES string of the molecule is COc1cc2c(cc1OC)CN([C@H]1CC(=O)N(c3ccc([N+](=O)[O-])cc3OC)C1=O)CC2. The number of nitro groups is 1. The molecule has 2 aromatic carbocycles. The van der Waals surface area contributed by atoms with Crippen molar-refractivity contribution in [2.75, 3.05) is 32.8 Å². The second-order valence-corrected chi connectivity index (χ2v) is 7.60. The third-order valence-corrected chi connectivity index (χ3v) is 5.93. The number of rotatable bonds is 6. The first-order valence-corrected chi connectivity index (χ1v) is 10.0. The van der Waals surface area contributed by atoms with Crippen molar-refractivity contribution in [2.24, 2.45) is 0 Å². The van der Waals surface area contributed by atoms with Crippen LogP contribution < -0.4 is 19.1 Å². The van der Waals surface area contributed by atoms with Gasteiger partial charge in [0.25, 0.3) is 11.6 Å². The van der Waals surface area contributed by atoms with E-state index in [2.05, 4.69) is 0 Å². The first-order valence-electron chi connectivity index (χ1n) is 10.0. The van der Waals surface area contributed by atoms with Crippen LogP contribution in [-0.2, 0) is 22.6 Å². The highest BCUT2D eigenvalue weighted by atomic mass is 16.6. The fraction of sp³-hybridized carbons (Fsp3) is 0.364. The number of non-ortho nitro benzene ring substituents is 1. The van der Waals surface area contributed by atoms with Crippen LogP contribution in [0.4, 0.5) is 11.4 Å². The number of nitrogens with zero attached hydrogens (tertiary/aromatic N) is 3. The summed E-state index contributed by atoms with van der Waals surface area (Å²) >= 11 is 0. The molecule has 0 unspecified atom stereocenters. The quantitative estimate of drug-likeness (QED) is 0.381. The molecule has 1 fully saturated rings. The van der Waals surface area contributed by atoms with Gasteiger partial charge in [-0.3, -0.25) is 24.6 Å². The molecule has 0 N–H and O–H groups in total. The number of ether oxygens (including phenoxy) is 3. The van der Waals surface area contributed by atoms with Crippen LogP contribution in [0.5, 0.6) is 17.2 Å². The maximum Gasteiger partial charge on any atom is 0.273 e. The monoisotopic (exact) mass is 441 g/mol. The Morgan fingerprint density at radius 1 is 0.969 bits per heavy atom. The number of fused-ring (bicyclic) bond motifs is 1. The minimum absolute atomic E-state index is 0.0294. The second-order valence-electron chi connectivity index (χ2n) is 7.60. The zero-order valence-corrected chi connectivity index (χ0v) is 18.0. The smallest absolute Gasteiger partial charge is 0.273 e. The van der Waals surface area contributed by atoms with Gasteiger partial charge in [-0.25, -0.2) is 4.90 Å². The first kappa shape index (κ1) is 21.6. The second kappa shape index (κ2) is 8.46. The lowest BCUT2D eigenvalue weighted by atomic mass is 9.97. The fourth-order valence-electron chi connectivity index (χ4n) is 4.29. The maximum atomic E-state index is 13.3. The predicted molar refractivity (Wildman–Crippen MR) is 114 cm³/mol. The highest BCUT2D eigenvalue weighted by Gasteiger charge is 2.44. The molecule has 168 valence electrons. The predicted octanol–water partition coefficient (Wildman–Crippen LogP) is 2.31. The van der Waals surface area contributed by atoms with Crippen LogP contribution in [0.1, 0.15) is 17.5 Å². The Hall–Kier alpha value is -3.66. The molecule has 4 rings (SSSR count). The summed E-state index contributed by atoms with van der Waals surface area (Å²) in [7, 11) is 4.50. The molecule has 2 heterocycles. The van der Waals surface area contributed by atoms with E-state index in [1.807, 2.05) is 17.0 Å². The third-order valence-electron chi connectivity index (χ3n) is 5.93. The van der Waals surface area contributed by atoms with Gasteiger partial charge in [0, 0.05) is 19.2 Å². The molecule has 0 spiro atoms. The summed E-state index contributed by atoms with van der Waals surface area (Å²) in [6.45, 7) is 1.10. The Labute approximate surface area is 184 Å². The van der Waals surface area contributed by atoms with Crippen LogP contribution in [0.25, 0.3) is 0 Å². The van der Waals surface area contributed by atoms with E-state index in [0.717, 1.165) is 16.0 Å². The van der Waals surface area contributed by atoms with Crippen molar-refractivity contribution < 1.29 is 28.7 Å². The van der Waals surface area contributed by atoms with E-state index < -0.39 is 11.0 Å². The highest BCUT2D eigenvalue weighted by Crippen LogP contribution is 2.38. The van der Waals surface area contributed by atoms with E-state index in [0.29, 0.717) is 31.0 Å². The number of imide groups is 1. The molecule has 2 amide bonds. The number of nitro benzene ring substituents is 1. The van der Waals surface area contributed by atoms with Gasteiger partial charge >= 0.3 is 0 Å². The van der Waals surface area contributed by atoms with Crippen molar-refractivity contribution in [1.29, 1.82) is 0 Å². The zero-order chi connectivity index (χ0) is 23.0. The van der Waals surface area contributed by atoms with E-state index in [4.69, 9.17) is 14.2 Å². The number of carbonyl (C=O) groups is 2. The Bertz CT molecular complexity index is 1100. The van der Waals surface area contributed by atoms with Crippen LogP contribution >= 0.6 is 0 Å². The number of hydrogen-bond donors (Lipinski definition) is 0. The molecular weight excluding hydrogens is 418 g/mol. The van der Waals surface area contributed by atoms with Gasteiger partial charge in [0.1, 0.15) is 5.75 Å². The summed E-state index contributed by atoms with van der Waals surface area (Å²) in [5.74, 6) is 0.626. The first-order chi connectivity index (χ1) is 15.4. The molecule has 2 aliphatic rings. The average molecular weight is 441 g/mol. The molecular formula is C22H23N3O7. The Morgan fingerprint density at radius 3 is 2.25 bits per heavy atom. The van der Waals surface area contributed by atoms with Gasteiger partial charge in [0.05, 0.1) is 50.5 Å². The Kier molecular flexibility index (Phi) is 5.70. The number of anilines is 1. The van der Waals surface area contributed by atoms with Crippen molar-refractivity contribution in [1.82, 2.24) is 4.90 Å². The van der Waals surface area contributed by atoms with Crippen molar-refractivity contribution in [3.05, 3.63) is 51.6 Å². The van der Waals surface area contributed by atoms with Gasteiger partial charge < -0.3 is 14.2 Å². The molecule has 2 aromatic rings. The van der Waals surface area contributed by atoms with Crippen molar-refractivity contribution >= 4 is 23.2 Å². The minimum atomic E-state index is -0.622. The van der Waals surface area contributed by atoms with Crippen LogP contribution in [-0.4, -0.2) is 55.6 Å². The van der Waals surface area contributed by atoms with Gasteiger partial charge in [0.15, 0.2) is 11.5 Å². The standard InChI is InChI=1S/C22H23N3O7/c1-30-18-10-15(25(28)29)4-5-16(18)24-21(26)11-17(22(24)27)23-7-6-13-8-19(31-2)20(32-3)9-14(13)12-23/h4-5,8-10,17H,6-7,11-12H2,1-3H3/t17-/m0/s1. The van der Waals surface area contributed by atoms with Gasteiger partial charge in [-0.15, -0.1) is 0 Å². The van der Waals surface area contributed by atoms with E-state index in [1.54, 1.807) is 14.2 Å². The summed E-state index contributed by atoms with van der Waals surface area (Å²) in [6.07, 6.45) is 0.732. The molecule has 10 heteroatoms. The Balaban J connectivity index is 1.60. The van der Waals surface area contributed by atoms with Gasteiger partial charge in [-0.1, -0.05) is 0 Å². The molecule has 0 saturated carbocycles. The average Bonchev–Trinajstić information content (AvgIpc) is 3.10. The summed E-state index contributed by atoms with van der Waals surface area (Å²) in [6, 6.07) is 7.06. The zero-order valence-electron chi connectivity index (χ0n) is 18.0. The molecule has 32 heavy (non-hydrogen) atoms. The topological polar surface area (TPSA) is 111 Å². The molecule has 0 aliphatic carbocycles. The molecule has 10 nitrogen and oxygen atoms in total. The van der Waals surface area contributed by atoms with Crippen molar-refractivity contribution in [3.63, 3.8) is 0 Å². The van der Waals surface area contributed by atoms with Crippen molar-refractivity contribution in [3.8, 4) is 17.2 Å². The summed E-state index contributed by atoms with van der Waals surface area (Å²) < 4.78 is 16.0. The van der Waals surface area contributed by atoms with E-state index >= 15 is 0 Å². The molecule has 0 aromatic heterocycles. The van der Waals surface area contributed by atoms with Crippen LogP contribution in [0.3, 0.4) is 0 Å². The van der Waals surface area contributed by atoms with Gasteiger partial charge in [-0.2, -0.15) is 0 Å². The summed E-state index contributed by atoms with van der Waals surface area (Å²) in [4.78, 5) is 39.6. The number of benzene rings is 2. The maximum absolute atomic E-state index is 13.3. The van der Waals surface area contributed by atoms with Crippen LogP contribution in [0.2, 0.25) is 0 Å². The molecule has 1 atom stereocenters. The Morgan fingerprint density at radius 2 is 1.62 bits per heavy atom. The molecule has 0 bridgehead atoms. The van der Waals surface area contributed by atoms with Gasteiger partial charge in [0.2, 0.25) is 5.91 Å². The number of amides is 2. The van der Waals surface area contributed by atoms with Crippen LogP contribution in [0.15, 0.2) is 30.3 Å². The van der Waals surface area contributed by atoms with Crippen LogP contribution in [0, 0.1) is 10.1 Å². The van der Waals surface area contributed by atoms with E-state index in [9.17, 15) is 19.7 Å². The molecule has 2 aliphatic heterocycles. The minimum Gasteiger partial charge on any atom is -0.494 e. The number of carbonyl (C=O) groups excluding carboxylic acids is 2. The third kappa shape index (κ3) is 3.62. The summed E-state index contributed by atoms with van der Waals surface area (Å²) in [5, 5.41) is 11.1.